The second-order valence-electron chi connectivity index (χ2n) is 4.23. The van der Waals surface area contributed by atoms with E-state index >= 15 is 0 Å². The van der Waals surface area contributed by atoms with Crippen LogP contribution in [-0.2, 0) is 6.61 Å². The number of ether oxygens (including phenoxy) is 1. The van der Waals surface area contributed by atoms with Gasteiger partial charge in [-0.2, -0.15) is 0 Å². The molecule has 4 nitrogen and oxygen atoms in total. The van der Waals surface area contributed by atoms with Crippen molar-refractivity contribution in [3.05, 3.63) is 56.2 Å². The number of carbonyl (C=O) groups is 1. The van der Waals surface area contributed by atoms with Crippen molar-refractivity contribution in [1.82, 2.24) is 4.98 Å². The van der Waals surface area contributed by atoms with Crippen LogP contribution in [0, 0.1) is 6.92 Å². The van der Waals surface area contributed by atoms with E-state index in [4.69, 9.17) is 9.84 Å². The zero-order chi connectivity index (χ0) is 14.7. The van der Waals surface area contributed by atoms with Gasteiger partial charge in [-0.25, -0.2) is 4.79 Å². The SMILES string of the molecule is Cc1cncc(COc2c(Br)cc(C(=O)O)cc2Br)c1. The molecule has 2 aromatic rings. The molecule has 0 saturated heterocycles. The van der Waals surface area contributed by atoms with Crippen LogP contribution in [-0.4, -0.2) is 16.1 Å². The second-order valence-corrected chi connectivity index (χ2v) is 5.94. The third-order valence-electron chi connectivity index (χ3n) is 2.56. The summed E-state index contributed by atoms with van der Waals surface area (Å²) in [7, 11) is 0. The van der Waals surface area contributed by atoms with Gasteiger partial charge in [0.1, 0.15) is 12.4 Å². The van der Waals surface area contributed by atoms with Crippen LogP contribution in [0.4, 0.5) is 0 Å². The molecule has 0 spiro atoms. The third kappa shape index (κ3) is 3.58. The standard InChI is InChI=1S/C14H11Br2NO3/c1-8-2-9(6-17-5-8)7-20-13-11(15)3-10(14(18)19)4-12(13)16/h2-6H,7H2,1H3,(H,18,19). The van der Waals surface area contributed by atoms with E-state index in [0.29, 0.717) is 21.3 Å². The number of rotatable bonds is 4. The molecule has 1 aromatic carbocycles. The highest BCUT2D eigenvalue weighted by molar-refractivity contribution is 9.11. The van der Waals surface area contributed by atoms with Crippen molar-refractivity contribution in [2.24, 2.45) is 0 Å². The van der Waals surface area contributed by atoms with Crippen molar-refractivity contribution >= 4 is 37.8 Å². The molecule has 104 valence electrons. The molecule has 1 N–H and O–H groups in total. The number of hydrogen-bond donors (Lipinski definition) is 1. The van der Waals surface area contributed by atoms with E-state index in [2.05, 4.69) is 36.8 Å². The first-order chi connectivity index (χ1) is 9.47. The molecule has 6 heteroatoms. The van der Waals surface area contributed by atoms with Gasteiger partial charge < -0.3 is 9.84 Å². The zero-order valence-electron chi connectivity index (χ0n) is 10.6. The number of carboxylic acids is 1. The summed E-state index contributed by atoms with van der Waals surface area (Å²) in [5.41, 5.74) is 2.20. The number of carboxylic acid groups (broad SMARTS) is 1. The van der Waals surface area contributed by atoms with Crippen molar-refractivity contribution in [1.29, 1.82) is 0 Å². The summed E-state index contributed by atoms with van der Waals surface area (Å²) < 4.78 is 6.89. The summed E-state index contributed by atoms with van der Waals surface area (Å²) in [5, 5.41) is 8.97. The Bertz CT molecular complexity index is 636. The van der Waals surface area contributed by atoms with E-state index in [9.17, 15) is 4.79 Å². The average molecular weight is 401 g/mol. The quantitative estimate of drug-likeness (QED) is 0.835. The molecule has 0 aliphatic heterocycles. The van der Waals surface area contributed by atoms with Gasteiger partial charge in [0.2, 0.25) is 0 Å². The first-order valence-electron chi connectivity index (χ1n) is 5.73. The van der Waals surface area contributed by atoms with Crippen LogP contribution in [0.25, 0.3) is 0 Å². The highest BCUT2D eigenvalue weighted by atomic mass is 79.9. The lowest BCUT2D eigenvalue weighted by atomic mass is 10.2. The van der Waals surface area contributed by atoms with E-state index in [0.717, 1.165) is 11.1 Å². The minimum Gasteiger partial charge on any atom is -0.486 e. The maximum Gasteiger partial charge on any atom is 0.335 e. The van der Waals surface area contributed by atoms with Crippen LogP contribution in [0.3, 0.4) is 0 Å². The number of halogens is 2. The summed E-state index contributed by atoms with van der Waals surface area (Å²) in [6, 6.07) is 5.01. The molecule has 20 heavy (non-hydrogen) atoms. The van der Waals surface area contributed by atoms with Gasteiger partial charge in [-0.05, 0) is 62.5 Å². The number of pyridine rings is 1. The van der Waals surface area contributed by atoms with Gasteiger partial charge in [0, 0.05) is 18.0 Å². The first-order valence-corrected chi connectivity index (χ1v) is 7.31. The Balaban J connectivity index is 2.20. The predicted octanol–water partition coefficient (Wildman–Crippen LogP) is 4.19. The average Bonchev–Trinajstić information content (AvgIpc) is 2.37. The lowest BCUT2D eigenvalue weighted by Crippen LogP contribution is -2.01. The van der Waals surface area contributed by atoms with Gasteiger partial charge >= 0.3 is 5.97 Å². The molecule has 0 aliphatic carbocycles. The maximum atomic E-state index is 10.9. The van der Waals surface area contributed by atoms with Gasteiger partial charge in [-0.3, -0.25) is 4.98 Å². The number of aromatic carboxylic acids is 1. The first kappa shape index (κ1) is 15.0. The van der Waals surface area contributed by atoms with Crippen molar-refractivity contribution in [3.63, 3.8) is 0 Å². The Morgan fingerprint density at radius 1 is 1.25 bits per heavy atom. The molecule has 1 heterocycles. The maximum absolute atomic E-state index is 10.9. The summed E-state index contributed by atoms with van der Waals surface area (Å²) in [5.74, 6) is -0.419. The smallest absolute Gasteiger partial charge is 0.335 e. The lowest BCUT2D eigenvalue weighted by Gasteiger charge is -2.11. The monoisotopic (exact) mass is 399 g/mol. The Morgan fingerprint density at radius 2 is 1.90 bits per heavy atom. The fourth-order valence-corrected chi connectivity index (χ4v) is 3.09. The molecule has 0 aliphatic rings. The summed E-state index contributed by atoms with van der Waals surface area (Å²) in [4.78, 5) is 15.0. The van der Waals surface area contributed by atoms with Crippen LogP contribution in [0.1, 0.15) is 21.5 Å². The van der Waals surface area contributed by atoms with E-state index < -0.39 is 5.97 Å². The van der Waals surface area contributed by atoms with Crippen LogP contribution in [0.2, 0.25) is 0 Å². The Morgan fingerprint density at radius 3 is 2.45 bits per heavy atom. The van der Waals surface area contributed by atoms with Crippen LogP contribution < -0.4 is 4.74 Å². The fraction of sp³-hybridized carbons (Fsp3) is 0.143. The van der Waals surface area contributed by atoms with E-state index in [1.807, 2.05) is 13.0 Å². The summed E-state index contributed by atoms with van der Waals surface area (Å²) in [6.07, 6.45) is 3.51. The highest BCUT2D eigenvalue weighted by Crippen LogP contribution is 2.35. The molecule has 2 rings (SSSR count). The van der Waals surface area contributed by atoms with Gasteiger partial charge in [-0.15, -0.1) is 0 Å². The molecule has 0 amide bonds. The number of hydrogen-bond acceptors (Lipinski definition) is 3. The van der Waals surface area contributed by atoms with Crippen LogP contribution in [0.15, 0.2) is 39.5 Å². The summed E-state index contributed by atoms with van der Waals surface area (Å²) in [6.45, 7) is 2.32. The minimum absolute atomic E-state index is 0.188. The molecular weight excluding hydrogens is 390 g/mol. The van der Waals surface area contributed by atoms with Crippen molar-refractivity contribution in [2.75, 3.05) is 0 Å². The molecule has 0 fully saturated rings. The van der Waals surface area contributed by atoms with E-state index in [1.54, 1.807) is 12.4 Å². The second kappa shape index (κ2) is 6.37. The van der Waals surface area contributed by atoms with Gasteiger partial charge in [0.15, 0.2) is 0 Å². The van der Waals surface area contributed by atoms with Gasteiger partial charge in [0.25, 0.3) is 0 Å². The molecule has 0 bridgehead atoms. The highest BCUT2D eigenvalue weighted by Gasteiger charge is 2.13. The zero-order valence-corrected chi connectivity index (χ0v) is 13.7. The number of aromatic nitrogens is 1. The lowest BCUT2D eigenvalue weighted by molar-refractivity contribution is 0.0696. The molecule has 0 unspecified atom stereocenters. The Kier molecular flexibility index (Phi) is 4.77. The third-order valence-corrected chi connectivity index (χ3v) is 3.74. The van der Waals surface area contributed by atoms with Crippen molar-refractivity contribution in [3.8, 4) is 5.75 Å². The summed E-state index contributed by atoms with van der Waals surface area (Å²) >= 11 is 6.64. The van der Waals surface area contributed by atoms with E-state index in [-0.39, 0.29) is 5.56 Å². The number of benzene rings is 1. The molecular formula is C14H11Br2NO3. The van der Waals surface area contributed by atoms with Crippen molar-refractivity contribution in [2.45, 2.75) is 13.5 Å². The number of nitrogens with zero attached hydrogens (tertiary/aromatic N) is 1. The molecule has 0 atom stereocenters. The topological polar surface area (TPSA) is 59.4 Å². The molecule has 0 radical (unpaired) electrons. The number of aryl methyl sites for hydroxylation is 1. The predicted molar refractivity (Wildman–Crippen MR) is 82.1 cm³/mol. The van der Waals surface area contributed by atoms with Crippen LogP contribution in [0.5, 0.6) is 5.75 Å². The normalized spacial score (nSPS) is 10.3. The van der Waals surface area contributed by atoms with Crippen LogP contribution >= 0.6 is 31.9 Å². The Hall–Kier alpha value is -1.40. The minimum atomic E-state index is -0.985. The largest absolute Gasteiger partial charge is 0.486 e. The van der Waals surface area contributed by atoms with Crippen molar-refractivity contribution < 1.29 is 14.6 Å². The van der Waals surface area contributed by atoms with E-state index in [1.165, 1.54) is 12.1 Å². The molecule has 0 saturated carbocycles. The van der Waals surface area contributed by atoms with Gasteiger partial charge in [0.05, 0.1) is 14.5 Å². The Labute approximate surface area is 133 Å². The fourth-order valence-electron chi connectivity index (χ4n) is 1.67. The molecule has 1 aromatic heterocycles. The van der Waals surface area contributed by atoms with Gasteiger partial charge in [-0.1, -0.05) is 0 Å².